The van der Waals surface area contributed by atoms with Gasteiger partial charge in [0.2, 0.25) is 5.91 Å². The molecule has 1 amide bonds. The molecule has 2 atom stereocenters. The first kappa shape index (κ1) is 14.8. The summed E-state index contributed by atoms with van der Waals surface area (Å²) in [4.78, 5) is 24.7. The quantitative estimate of drug-likeness (QED) is 0.628. The van der Waals surface area contributed by atoms with Gasteiger partial charge in [-0.15, -0.1) is 0 Å². The lowest BCUT2D eigenvalue weighted by Gasteiger charge is -2.17. The van der Waals surface area contributed by atoms with Crippen molar-refractivity contribution in [2.75, 3.05) is 38.0 Å². The van der Waals surface area contributed by atoms with Crippen LogP contribution in [-0.4, -0.2) is 48.5 Å². The lowest BCUT2D eigenvalue weighted by Crippen LogP contribution is -2.32. The van der Waals surface area contributed by atoms with E-state index in [1.807, 2.05) is 4.90 Å². The van der Waals surface area contributed by atoms with Crippen molar-refractivity contribution in [2.24, 2.45) is 11.8 Å². The third-order valence-electron chi connectivity index (χ3n) is 4.50. The fourth-order valence-corrected chi connectivity index (χ4v) is 3.30. The van der Waals surface area contributed by atoms with E-state index in [1.165, 1.54) is 6.07 Å². The number of nitrogens with one attached hydrogen (secondary N) is 2. The van der Waals surface area contributed by atoms with Crippen molar-refractivity contribution in [3.63, 3.8) is 0 Å². The van der Waals surface area contributed by atoms with Gasteiger partial charge in [-0.3, -0.25) is 14.9 Å². The molecular weight excluding hydrogens is 284 g/mol. The summed E-state index contributed by atoms with van der Waals surface area (Å²) in [7, 11) is 0. The zero-order valence-electron chi connectivity index (χ0n) is 12.3. The van der Waals surface area contributed by atoms with E-state index in [9.17, 15) is 14.9 Å². The maximum atomic E-state index is 12.2. The number of likely N-dealkylation sites (tertiary alicyclic amines) is 1. The first-order valence-corrected chi connectivity index (χ1v) is 7.61. The number of amides is 1. The molecule has 0 saturated carbocycles. The Morgan fingerprint density at radius 2 is 2.00 bits per heavy atom. The van der Waals surface area contributed by atoms with Crippen LogP contribution in [0.2, 0.25) is 0 Å². The Kier molecular flexibility index (Phi) is 4.24. The molecule has 2 saturated heterocycles. The van der Waals surface area contributed by atoms with Crippen molar-refractivity contribution < 1.29 is 9.72 Å². The number of nitrogens with zero attached hydrogens (tertiary/aromatic N) is 2. The molecule has 118 valence electrons. The molecule has 2 aliphatic heterocycles. The van der Waals surface area contributed by atoms with E-state index >= 15 is 0 Å². The third kappa shape index (κ3) is 3.04. The van der Waals surface area contributed by atoms with Gasteiger partial charge < -0.3 is 15.5 Å². The summed E-state index contributed by atoms with van der Waals surface area (Å²) in [6, 6.07) is 6.49. The molecule has 2 N–H and O–H groups in total. The van der Waals surface area contributed by atoms with Crippen molar-refractivity contribution in [1.82, 2.24) is 10.2 Å². The monoisotopic (exact) mass is 304 g/mol. The van der Waals surface area contributed by atoms with Gasteiger partial charge in [0.25, 0.3) is 5.69 Å². The number of hydrogen-bond donors (Lipinski definition) is 2. The van der Waals surface area contributed by atoms with Gasteiger partial charge in [0.15, 0.2) is 0 Å². The van der Waals surface area contributed by atoms with Crippen LogP contribution in [0.5, 0.6) is 0 Å². The number of fused-ring (bicyclic) bond motifs is 1. The summed E-state index contributed by atoms with van der Waals surface area (Å²) in [5, 5.41) is 17.3. The van der Waals surface area contributed by atoms with Gasteiger partial charge in [0.05, 0.1) is 4.92 Å². The number of nitro groups is 1. The molecule has 0 radical (unpaired) electrons. The van der Waals surface area contributed by atoms with Crippen LogP contribution >= 0.6 is 0 Å². The molecule has 0 aliphatic carbocycles. The predicted molar refractivity (Wildman–Crippen MR) is 82.6 cm³/mol. The van der Waals surface area contributed by atoms with Crippen LogP contribution in [0.3, 0.4) is 0 Å². The Balaban J connectivity index is 1.49. The van der Waals surface area contributed by atoms with Crippen LogP contribution in [0.4, 0.5) is 11.4 Å². The van der Waals surface area contributed by atoms with E-state index in [0.717, 1.165) is 26.2 Å². The number of rotatable bonds is 5. The van der Waals surface area contributed by atoms with Crippen LogP contribution in [-0.2, 0) is 4.79 Å². The average molecular weight is 304 g/mol. The zero-order chi connectivity index (χ0) is 15.5. The van der Waals surface area contributed by atoms with Gasteiger partial charge in [-0.1, -0.05) is 12.1 Å². The molecule has 3 rings (SSSR count). The van der Waals surface area contributed by atoms with Crippen molar-refractivity contribution in [1.29, 1.82) is 0 Å². The highest BCUT2D eigenvalue weighted by molar-refractivity contribution is 5.77. The molecule has 0 unspecified atom stereocenters. The van der Waals surface area contributed by atoms with Crippen molar-refractivity contribution in [2.45, 2.75) is 6.42 Å². The van der Waals surface area contributed by atoms with E-state index in [0.29, 0.717) is 30.5 Å². The Bertz CT molecular complexity index is 566. The minimum Gasteiger partial charge on any atom is -0.379 e. The van der Waals surface area contributed by atoms with E-state index in [-0.39, 0.29) is 11.6 Å². The standard InChI is InChI=1S/C15H20N4O3/c20-15(18-9-11-7-16-8-12(11)10-18)5-6-17-13-3-1-2-4-14(13)19(21)22/h1-4,11-12,16-17H,5-10H2/t11-,12+. The van der Waals surface area contributed by atoms with Crippen LogP contribution < -0.4 is 10.6 Å². The van der Waals surface area contributed by atoms with Gasteiger partial charge in [-0.2, -0.15) is 0 Å². The minimum atomic E-state index is -0.418. The lowest BCUT2D eigenvalue weighted by atomic mass is 10.0. The number of carbonyl (C=O) groups excluding carboxylic acids is 1. The SMILES string of the molecule is O=C(CCNc1ccccc1[N+](=O)[O-])N1C[C@H]2CNC[C@H]2C1. The summed E-state index contributed by atoms with van der Waals surface area (Å²) in [6.07, 6.45) is 0.360. The Morgan fingerprint density at radius 3 is 2.68 bits per heavy atom. The molecule has 7 heteroatoms. The minimum absolute atomic E-state index is 0.0386. The summed E-state index contributed by atoms with van der Waals surface area (Å²) in [6.45, 7) is 4.09. The van der Waals surface area contributed by atoms with Crippen molar-refractivity contribution in [3.8, 4) is 0 Å². The molecule has 2 heterocycles. The molecular formula is C15H20N4O3. The van der Waals surface area contributed by atoms with Gasteiger partial charge in [0.1, 0.15) is 5.69 Å². The fraction of sp³-hybridized carbons (Fsp3) is 0.533. The molecule has 2 aliphatic rings. The molecule has 0 bridgehead atoms. The van der Waals surface area contributed by atoms with E-state index in [4.69, 9.17) is 0 Å². The second-order valence-corrected chi connectivity index (χ2v) is 5.93. The summed E-state index contributed by atoms with van der Waals surface area (Å²) < 4.78 is 0. The van der Waals surface area contributed by atoms with Gasteiger partial charge in [-0.25, -0.2) is 0 Å². The second kappa shape index (κ2) is 6.31. The Labute approximate surface area is 128 Å². The fourth-order valence-electron chi connectivity index (χ4n) is 3.30. The highest BCUT2D eigenvalue weighted by Crippen LogP contribution is 2.27. The van der Waals surface area contributed by atoms with Crippen molar-refractivity contribution >= 4 is 17.3 Å². The number of hydrogen-bond acceptors (Lipinski definition) is 5. The molecule has 0 aromatic heterocycles. The third-order valence-corrected chi connectivity index (χ3v) is 4.50. The number of anilines is 1. The number of benzene rings is 1. The van der Waals surface area contributed by atoms with Crippen LogP contribution in [0.25, 0.3) is 0 Å². The summed E-state index contributed by atoms with van der Waals surface area (Å²) in [5.74, 6) is 1.31. The topological polar surface area (TPSA) is 87.5 Å². The number of nitro benzene ring substituents is 1. The lowest BCUT2D eigenvalue weighted by molar-refractivity contribution is -0.384. The second-order valence-electron chi connectivity index (χ2n) is 5.93. The molecule has 22 heavy (non-hydrogen) atoms. The smallest absolute Gasteiger partial charge is 0.292 e. The molecule has 2 fully saturated rings. The molecule has 7 nitrogen and oxygen atoms in total. The largest absolute Gasteiger partial charge is 0.379 e. The Morgan fingerprint density at radius 1 is 1.32 bits per heavy atom. The summed E-state index contributed by atoms with van der Waals surface area (Å²) in [5.41, 5.74) is 0.500. The normalized spacial score (nSPS) is 23.4. The zero-order valence-corrected chi connectivity index (χ0v) is 12.3. The predicted octanol–water partition coefficient (Wildman–Crippen LogP) is 1.07. The van der Waals surface area contributed by atoms with Gasteiger partial charge in [-0.05, 0) is 17.9 Å². The van der Waals surface area contributed by atoms with E-state index in [2.05, 4.69) is 10.6 Å². The molecule has 1 aromatic rings. The van der Waals surface area contributed by atoms with E-state index in [1.54, 1.807) is 18.2 Å². The van der Waals surface area contributed by atoms with Crippen molar-refractivity contribution in [3.05, 3.63) is 34.4 Å². The molecule has 0 spiro atoms. The first-order valence-electron chi connectivity index (χ1n) is 7.61. The Hall–Kier alpha value is -2.15. The molecule has 1 aromatic carbocycles. The maximum Gasteiger partial charge on any atom is 0.292 e. The first-order chi connectivity index (χ1) is 10.6. The van der Waals surface area contributed by atoms with Gasteiger partial charge in [0, 0.05) is 45.2 Å². The number of carbonyl (C=O) groups is 1. The summed E-state index contributed by atoms with van der Waals surface area (Å²) >= 11 is 0. The van der Waals surface area contributed by atoms with E-state index < -0.39 is 4.92 Å². The maximum absolute atomic E-state index is 12.2. The van der Waals surface area contributed by atoms with Crippen LogP contribution in [0.15, 0.2) is 24.3 Å². The van der Waals surface area contributed by atoms with Crippen LogP contribution in [0, 0.1) is 22.0 Å². The average Bonchev–Trinajstić information content (AvgIpc) is 3.08. The van der Waals surface area contributed by atoms with Crippen LogP contribution in [0.1, 0.15) is 6.42 Å². The number of para-hydroxylation sites is 2. The highest BCUT2D eigenvalue weighted by Gasteiger charge is 2.37. The highest BCUT2D eigenvalue weighted by atomic mass is 16.6. The van der Waals surface area contributed by atoms with Gasteiger partial charge >= 0.3 is 0 Å².